The minimum Gasteiger partial charge on any atom is -0.489 e. The summed E-state index contributed by atoms with van der Waals surface area (Å²) in [6.07, 6.45) is 1.49. The van der Waals surface area contributed by atoms with Crippen LogP contribution in [0, 0.1) is 0 Å². The van der Waals surface area contributed by atoms with Crippen molar-refractivity contribution in [2.75, 3.05) is 13.1 Å². The molecule has 0 aromatic heterocycles. The molecule has 1 unspecified atom stereocenters. The van der Waals surface area contributed by atoms with E-state index in [-0.39, 0.29) is 0 Å². The zero-order chi connectivity index (χ0) is 8.23. The van der Waals surface area contributed by atoms with E-state index in [2.05, 4.69) is 5.32 Å². The molecule has 0 amide bonds. The first-order valence-electron chi connectivity index (χ1n) is 4.37. The molecule has 2 heteroatoms. The van der Waals surface area contributed by atoms with Crippen LogP contribution in [0.25, 0.3) is 0 Å². The van der Waals surface area contributed by atoms with Crippen LogP contribution in [0.15, 0.2) is 30.3 Å². The lowest BCUT2D eigenvalue weighted by Gasteiger charge is -2.11. The van der Waals surface area contributed by atoms with Crippen molar-refractivity contribution in [3.8, 4) is 5.75 Å². The van der Waals surface area contributed by atoms with Gasteiger partial charge in [0.25, 0.3) is 0 Å². The highest BCUT2D eigenvalue weighted by Gasteiger charge is 2.15. The van der Waals surface area contributed by atoms with Crippen LogP contribution in [-0.2, 0) is 0 Å². The van der Waals surface area contributed by atoms with Crippen molar-refractivity contribution in [2.24, 2.45) is 0 Å². The normalized spacial score (nSPS) is 22.5. The first-order valence-corrected chi connectivity index (χ1v) is 4.37. The van der Waals surface area contributed by atoms with Crippen molar-refractivity contribution in [3.63, 3.8) is 0 Å². The topological polar surface area (TPSA) is 21.3 Å². The summed E-state index contributed by atoms with van der Waals surface area (Å²) in [5, 5.41) is 3.27. The van der Waals surface area contributed by atoms with E-state index < -0.39 is 0 Å². The van der Waals surface area contributed by atoms with Gasteiger partial charge in [0.2, 0.25) is 0 Å². The summed E-state index contributed by atoms with van der Waals surface area (Å²) in [6.45, 7) is 2.06. The van der Waals surface area contributed by atoms with Crippen LogP contribution in [0.4, 0.5) is 0 Å². The Morgan fingerprint density at radius 3 is 2.75 bits per heavy atom. The van der Waals surface area contributed by atoms with Crippen molar-refractivity contribution in [1.82, 2.24) is 5.32 Å². The minimum atomic E-state index is 0.368. The Morgan fingerprint density at radius 1 is 1.25 bits per heavy atom. The van der Waals surface area contributed by atoms with Gasteiger partial charge >= 0.3 is 0 Å². The van der Waals surface area contributed by atoms with E-state index in [0.29, 0.717) is 6.10 Å². The molecule has 1 aromatic carbocycles. The van der Waals surface area contributed by atoms with Gasteiger partial charge in [-0.3, -0.25) is 0 Å². The van der Waals surface area contributed by atoms with Crippen LogP contribution in [0.1, 0.15) is 6.42 Å². The number of benzene rings is 1. The van der Waals surface area contributed by atoms with Gasteiger partial charge in [-0.1, -0.05) is 18.2 Å². The van der Waals surface area contributed by atoms with E-state index in [1.54, 1.807) is 0 Å². The first kappa shape index (κ1) is 7.62. The lowest BCUT2D eigenvalue weighted by Crippen LogP contribution is -2.19. The molecule has 1 fully saturated rings. The van der Waals surface area contributed by atoms with Crippen molar-refractivity contribution in [3.05, 3.63) is 30.3 Å². The van der Waals surface area contributed by atoms with Gasteiger partial charge in [0, 0.05) is 6.54 Å². The molecular formula is C10H13NO. The van der Waals surface area contributed by atoms with Gasteiger partial charge in [0.1, 0.15) is 11.9 Å². The van der Waals surface area contributed by atoms with Crippen molar-refractivity contribution in [1.29, 1.82) is 0 Å². The van der Waals surface area contributed by atoms with E-state index in [9.17, 15) is 0 Å². The molecule has 1 N–H and O–H groups in total. The Balaban J connectivity index is 1.94. The Hall–Kier alpha value is -1.02. The third-order valence-corrected chi connectivity index (χ3v) is 2.06. The van der Waals surface area contributed by atoms with Gasteiger partial charge in [-0.15, -0.1) is 0 Å². The monoisotopic (exact) mass is 163 g/mol. The fourth-order valence-corrected chi connectivity index (χ4v) is 1.42. The van der Waals surface area contributed by atoms with Gasteiger partial charge < -0.3 is 10.1 Å². The molecule has 0 aliphatic carbocycles. The highest BCUT2D eigenvalue weighted by molar-refractivity contribution is 5.21. The molecule has 1 aliphatic rings. The lowest BCUT2D eigenvalue weighted by molar-refractivity contribution is 0.223. The summed E-state index contributed by atoms with van der Waals surface area (Å²) in [4.78, 5) is 0. The summed E-state index contributed by atoms with van der Waals surface area (Å²) in [7, 11) is 0. The molecule has 64 valence electrons. The highest BCUT2D eigenvalue weighted by Crippen LogP contribution is 2.13. The van der Waals surface area contributed by atoms with Gasteiger partial charge in [0.05, 0.1) is 0 Å². The molecule has 1 aliphatic heterocycles. The van der Waals surface area contributed by atoms with E-state index in [4.69, 9.17) is 4.74 Å². The average molecular weight is 163 g/mol. The van der Waals surface area contributed by atoms with Gasteiger partial charge in [0.15, 0.2) is 0 Å². The summed E-state index contributed by atoms with van der Waals surface area (Å²) in [6, 6.07) is 9.99. The fourth-order valence-electron chi connectivity index (χ4n) is 1.42. The zero-order valence-electron chi connectivity index (χ0n) is 6.99. The minimum absolute atomic E-state index is 0.368. The summed E-state index contributed by atoms with van der Waals surface area (Å²) < 4.78 is 5.71. The standard InChI is InChI=1S/C10H13NO/c1-2-4-9(5-3-1)12-10-6-7-11-8-10/h1-5,10-11H,6-8H2. The predicted octanol–water partition coefficient (Wildman–Crippen LogP) is 1.43. The van der Waals surface area contributed by atoms with Crippen LogP contribution in [0.3, 0.4) is 0 Å². The fraction of sp³-hybridized carbons (Fsp3) is 0.400. The number of nitrogens with one attached hydrogen (secondary N) is 1. The smallest absolute Gasteiger partial charge is 0.119 e. The summed E-state index contributed by atoms with van der Waals surface area (Å²) in [5.74, 6) is 0.978. The molecule has 0 spiro atoms. The van der Waals surface area contributed by atoms with Crippen LogP contribution in [-0.4, -0.2) is 19.2 Å². The van der Waals surface area contributed by atoms with Crippen LogP contribution in [0.2, 0.25) is 0 Å². The molecule has 0 bridgehead atoms. The number of hydrogen-bond donors (Lipinski definition) is 1. The average Bonchev–Trinajstić information content (AvgIpc) is 2.59. The van der Waals surface area contributed by atoms with Crippen LogP contribution in [0.5, 0.6) is 5.75 Å². The predicted molar refractivity (Wildman–Crippen MR) is 48.3 cm³/mol. The van der Waals surface area contributed by atoms with Gasteiger partial charge in [-0.2, -0.15) is 0 Å². The van der Waals surface area contributed by atoms with E-state index >= 15 is 0 Å². The maximum Gasteiger partial charge on any atom is 0.119 e. The second-order valence-corrected chi connectivity index (χ2v) is 3.05. The molecule has 1 saturated heterocycles. The Labute approximate surface area is 72.5 Å². The number of ether oxygens (including phenoxy) is 1. The van der Waals surface area contributed by atoms with Crippen LogP contribution >= 0.6 is 0 Å². The van der Waals surface area contributed by atoms with E-state index in [1.807, 2.05) is 30.3 Å². The third kappa shape index (κ3) is 1.77. The molecule has 12 heavy (non-hydrogen) atoms. The molecule has 1 atom stereocenters. The SMILES string of the molecule is c1ccc(OC2CCNC2)cc1. The number of hydrogen-bond acceptors (Lipinski definition) is 2. The molecule has 1 aromatic rings. The van der Waals surface area contributed by atoms with Crippen LogP contribution < -0.4 is 10.1 Å². The Kier molecular flexibility index (Phi) is 2.28. The molecule has 0 radical (unpaired) electrons. The zero-order valence-corrected chi connectivity index (χ0v) is 6.99. The molecule has 2 rings (SSSR count). The Bertz CT molecular complexity index is 229. The maximum absolute atomic E-state index is 5.71. The Morgan fingerprint density at radius 2 is 2.08 bits per heavy atom. The highest BCUT2D eigenvalue weighted by atomic mass is 16.5. The molecule has 0 saturated carbocycles. The van der Waals surface area contributed by atoms with Gasteiger partial charge in [-0.05, 0) is 25.1 Å². The van der Waals surface area contributed by atoms with Crippen molar-refractivity contribution in [2.45, 2.75) is 12.5 Å². The quantitative estimate of drug-likeness (QED) is 0.712. The molecular weight excluding hydrogens is 150 g/mol. The number of rotatable bonds is 2. The first-order chi connectivity index (χ1) is 5.95. The molecule has 1 heterocycles. The summed E-state index contributed by atoms with van der Waals surface area (Å²) in [5.41, 5.74) is 0. The van der Waals surface area contributed by atoms with Gasteiger partial charge in [-0.25, -0.2) is 0 Å². The van der Waals surface area contributed by atoms with E-state index in [1.165, 1.54) is 0 Å². The third-order valence-electron chi connectivity index (χ3n) is 2.06. The van der Waals surface area contributed by atoms with Crippen molar-refractivity contribution >= 4 is 0 Å². The number of para-hydroxylation sites is 1. The summed E-state index contributed by atoms with van der Waals surface area (Å²) >= 11 is 0. The lowest BCUT2D eigenvalue weighted by atomic mass is 10.3. The second kappa shape index (κ2) is 3.59. The van der Waals surface area contributed by atoms with Crippen molar-refractivity contribution < 1.29 is 4.74 Å². The largest absolute Gasteiger partial charge is 0.489 e. The molecule has 2 nitrogen and oxygen atoms in total. The second-order valence-electron chi connectivity index (χ2n) is 3.05. The maximum atomic E-state index is 5.71. The van der Waals surface area contributed by atoms with E-state index in [0.717, 1.165) is 25.3 Å².